The summed E-state index contributed by atoms with van der Waals surface area (Å²) in [5.74, 6) is -5.52. The molecule has 16 heteroatoms. The highest BCUT2D eigenvalue weighted by atomic mass is 19.4. The number of piperidine rings is 1. The first-order valence-corrected chi connectivity index (χ1v) is 14.8. The number of piperazine rings is 1. The van der Waals surface area contributed by atoms with Crippen LogP contribution >= 0.6 is 0 Å². The first kappa shape index (κ1) is 31.7. The Kier molecular flexibility index (Phi) is 10.0. The number of amides is 3. The van der Waals surface area contributed by atoms with Gasteiger partial charge in [0.1, 0.15) is 0 Å². The van der Waals surface area contributed by atoms with E-state index in [1.165, 1.54) is 10.9 Å². The Bertz CT molecular complexity index is 1320. The molecule has 2 atom stereocenters. The molecule has 0 bridgehead atoms. The van der Waals surface area contributed by atoms with Gasteiger partial charge in [0.05, 0.1) is 48.3 Å². The highest BCUT2D eigenvalue weighted by molar-refractivity contribution is 5.98. The molecule has 0 aliphatic carbocycles. The van der Waals surface area contributed by atoms with Crippen LogP contribution in [-0.2, 0) is 14.3 Å². The topological polar surface area (TPSA) is 137 Å². The maximum Gasteiger partial charge on any atom is 0.393 e. The number of morpholine rings is 1. The first-order valence-electron chi connectivity index (χ1n) is 14.8. The van der Waals surface area contributed by atoms with Gasteiger partial charge in [0.25, 0.3) is 5.91 Å². The van der Waals surface area contributed by atoms with Crippen molar-refractivity contribution in [3.05, 3.63) is 30.1 Å². The molecule has 13 nitrogen and oxygen atoms in total. The van der Waals surface area contributed by atoms with Crippen LogP contribution in [0.2, 0.25) is 0 Å². The van der Waals surface area contributed by atoms with Gasteiger partial charge in [-0.2, -0.15) is 13.2 Å². The number of anilines is 2. The first-order chi connectivity index (χ1) is 21.1. The standard InChI is InChI=1S/C28H38F3N9O4/c1-37-7-9-39(10-8-37)24-4-3-19(15-22(24)34-26(42)20-17-33-25(41)16-21(20)28(29,30)31)40-18-23(35-36-40)27(43)32-5-2-6-38-11-13-44-14-12-38/h3-4,15,18,20-21H,2,5-14,16-17H2,1H3,(H,32,43)(H,33,41)(H,34,42). The molecule has 1 aromatic heterocycles. The number of nitrogens with zero attached hydrogens (tertiary/aromatic N) is 6. The quantitative estimate of drug-likeness (QED) is 0.346. The molecule has 5 rings (SSSR count). The van der Waals surface area contributed by atoms with Crippen LogP contribution in [0.25, 0.3) is 5.69 Å². The fraction of sp³-hybridized carbons (Fsp3) is 0.607. The van der Waals surface area contributed by atoms with Crippen molar-refractivity contribution >= 4 is 29.1 Å². The third-order valence-electron chi connectivity index (χ3n) is 8.28. The van der Waals surface area contributed by atoms with E-state index < -0.39 is 42.8 Å². The van der Waals surface area contributed by atoms with Crippen LogP contribution in [0.3, 0.4) is 0 Å². The van der Waals surface area contributed by atoms with Crippen molar-refractivity contribution in [3.63, 3.8) is 0 Å². The molecule has 0 spiro atoms. The Hall–Kier alpha value is -3.76. The number of ether oxygens (including phenoxy) is 1. The number of aromatic nitrogens is 3. The van der Waals surface area contributed by atoms with Gasteiger partial charge in [-0.1, -0.05) is 5.21 Å². The number of hydrogen-bond donors (Lipinski definition) is 3. The smallest absolute Gasteiger partial charge is 0.379 e. The van der Waals surface area contributed by atoms with Gasteiger partial charge in [0.15, 0.2) is 5.69 Å². The Morgan fingerprint density at radius 3 is 2.59 bits per heavy atom. The second kappa shape index (κ2) is 13.9. The lowest BCUT2D eigenvalue weighted by molar-refractivity contribution is -0.197. The summed E-state index contributed by atoms with van der Waals surface area (Å²) < 4.78 is 48.1. The van der Waals surface area contributed by atoms with Gasteiger partial charge in [-0.3, -0.25) is 19.3 Å². The van der Waals surface area contributed by atoms with E-state index in [9.17, 15) is 27.6 Å². The van der Waals surface area contributed by atoms with Gasteiger partial charge in [-0.25, -0.2) is 4.68 Å². The molecule has 240 valence electrons. The molecule has 0 saturated carbocycles. The highest BCUT2D eigenvalue weighted by Gasteiger charge is 2.50. The molecular weight excluding hydrogens is 583 g/mol. The lowest BCUT2D eigenvalue weighted by Gasteiger charge is -2.36. The lowest BCUT2D eigenvalue weighted by Crippen LogP contribution is -2.50. The fourth-order valence-corrected chi connectivity index (χ4v) is 5.63. The van der Waals surface area contributed by atoms with E-state index in [2.05, 4.69) is 41.0 Å². The summed E-state index contributed by atoms with van der Waals surface area (Å²) in [4.78, 5) is 44.2. The van der Waals surface area contributed by atoms with Gasteiger partial charge in [0.2, 0.25) is 11.8 Å². The Morgan fingerprint density at radius 1 is 1.11 bits per heavy atom. The van der Waals surface area contributed by atoms with Gasteiger partial charge in [0, 0.05) is 58.8 Å². The number of carbonyl (C=O) groups is 3. The van der Waals surface area contributed by atoms with E-state index in [1.54, 1.807) is 18.2 Å². The number of hydrogen-bond acceptors (Lipinski definition) is 9. The second-order valence-electron chi connectivity index (χ2n) is 11.4. The number of carbonyl (C=O) groups excluding carboxylic acids is 3. The zero-order valence-electron chi connectivity index (χ0n) is 24.6. The van der Waals surface area contributed by atoms with Crippen molar-refractivity contribution in [2.24, 2.45) is 11.8 Å². The van der Waals surface area contributed by atoms with Crippen LogP contribution in [0.15, 0.2) is 24.4 Å². The summed E-state index contributed by atoms with van der Waals surface area (Å²) in [5, 5.41) is 16.0. The number of benzene rings is 1. The number of alkyl halides is 3. The third kappa shape index (κ3) is 7.84. The molecule has 4 heterocycles. The third-order valence-corrected chi connectivity index (χ3v) is 8.28. The average molecular weight is 622 g/mol. The summed E-state index contributed by atoms with van der Waals surface area (Å²) in [6.07, 6.45) is -3.27. The van der Waals surface area contributed by atoms with E-state index in [4.69, 9.17) is 4.74 Å². The molecule has 1 aromatic carbocycles. The number of nitrogens with one attached hydrogen (secondary N) is 3. The molecule has 2 unspecified atom stereocenters. The summed E-state index contributed by atoms with van der Waals surface area (Å²) >= 11 is 0. The predicted molar refractivity (Wildman–Crippen MR) is 155 cm³/mol. The van der Waals surface area contributed by atoms with E-state index >= 15 is 0 Å². The summed E-state index contributed by atoms with van der Waals surface area (Å²) in [6.45, 7) is 6.94. The minimum Gasteiger partial charge on any atom is -0.379 e. The number of rotatable bonds is 9. The summed E-state index contributed by atoms with van der Waals surface area (Å²) in [7, 11) is 2.00. The molecule has 3 aliphatic rings. The predicted octanol–water partition coefficient (Wildman–Crippen LogP) is 0.724. The van der Waals surface area contributed by atoms with Crippen molar-refractivity contribution in [2.75, 3.05) is 89.4 Å². The van der Waals surface area contributed by atoms with Gasteiger partial charge in [-0.15, -0.1) is 5.10 Å². The molecule has 3 N–H and O–H groups in total. The Labute approximate surface area is 253 Å². The number of likely N-dealkylation sites (N-methyl/N-ethyl adjacent to an activating group) is 1. The van der Waals surface area contributed by atoms with Crippen LogP contribution in [-0.4, -0.2) is 128 Å². The van der Waals surface area contributed by atoms with Crippen LogP contribution in [0.4, 0.5) is 24.5 Å². The summed E-state index contributed by atoms with van der Waals surface area (Å²) in [5.41, 5.74) is 1.52. The van der Waals surface area contributed by atoms with Crippen molar-refractivity contribution in [1.82, 2.24) is 35.4 Å². The van der Waals surface area contributed by atoms with E-state index in [-0.39, 0.29) is 11.6 Å². The van der Waals surface area contributed by atoms with Crippen LogP contribution < -0.4 is 20.9 Å². The molecule has 3 fully saturated rings. The van der Waals surface area contributed by atoms with Crippen molar-refractivity contribution < 1.29 is 32.3 Å². The van der Waals surface area contributed by atoms with E-state index in [1.807, 2.05) is 7.05 Å². The fourth-order valence-electron chi connectivity index (χ4n) is 5.63. The highest BCUT2D eigenvalue weighted by Crippen LogP contribution is 2.38. The summed E-state index contributed by atoms with van der Waals surface area (Å²) in [6, 6.07) is 5.13. The zero-order valence-corrected chi connectivity index (χ0v) is 24.6. The van der Waals surface area contributed by atoms with Gasteiger partial charge < -0.3 is 30.5 Å². The van der Waals surface area contributed by atoms with E-state index in [0.29, 0.717) is 49.9 Å². The molecule has 3 aliphatic heterocycles. The average Bonchev–Trinajstić information content (AvgIpc) is 3.50. The normalized spacial score (nSPS) is 22.0. The second-order valence-corrected chi connectivity index (χ2v) is 11.4. The number of halogens is 3. The van der Waals surface area contributed by atoms with E-state index in [0.717, 1.165) is 39.1 Å². The largest absolute Gasteiger partial charge is 0.393 e. The minimum absolute atomic E-state index is 0.107. The monoisotopic (exact) mass is 621 g/mol. The lowest BCUT2D eigenvalue weighted by atomic mass is 9.84. The van der Waals surface area contributed by atoms with Gasteiger partial charge in [-0.05, 0) is 38.2 Å². The van der Waals surface area contributed by atoms with Crippen LogP contribution in [0.1, 0.15) is 23.3 Å². The van der Waals surface area contributed by atoms with Crippen molar-refractivity contribution in [1.29, 1.82) is 0 Å². The van der Waals surface area contributed by atoms with Crippen molar-refractivity contribution in [2.45, 2.75) is 19.0 Å². The Balaban J connectivity index is 1.30. The maximum atomic E-state index is 13.8. The molecule has 44 heavy (non-hydrogen) atoms. The van der Waals surface area contributed by atoms with Gasteiger partial charge >= 0.3 is 6.18 Å². The molecule has 3 amide bonds. The van der Waals surface area contributed by atoms with Crippen molar-refractivity contribution in [3.8, 4) is 5.69 Å². The minimum atomic E-state index is -4.71. The molecule has 3 saturated heterocycles. The molecule has 2 aromatic rings. The van der Waals surface area contributed by atoms with Crippen LogP contribution in [0.5, 0.6) is 0 Å². The molecule has 0 radical (unpaired) electrons. The zero-order chi connectivity index (χ0) is 31.3. The maximum absolute atomic E-state index is 13.8. The molecular formula is C28H38F3N9O4. The Morgan fingerprint density at radius 2 is 1.86 bits per heavy atom. The van der Waals surface area contributed by atoms with Crippen LogP contribution in [0, 0.1) is 11.8 Å². The SMILES string of the molecule is CN1CCN(c2ccc(-n3cc(C(=O)NCCCN4CCOCC4)nn3)cc2NC(=O)C2CNC(=O)CC2C(F)(F)F)CC1.